The minimum absolute atomic E-state index is 0.401. The van der Waals surface area contributed by atoms with Crippen LogP contribution < -0.4 is 15.0 Å². The molecule has 20 heavy (non-hydrogen) atoms. The summed E-state index contributed by atoms with van der Waals surface area (Å²) in [5, 5.41) is 2.97. The third-order valence-electron chi connectivity index (χ3n) is 3.69. The minimum atomic E-state index is 0.401. The lowest BCUT2D eigenvalue weighted by molar-refractivity contribution is 0.163. The first-order valence-corrected chi connectivity index (χ1v) is 7.24. The molecular weight excluding hydrogens is 258 g/mol. The van der Waals surface area contributed by atoms with Crippen molar-refractivity contribution in [3.8, 4) is 6.01 Å². The molecule has 1 atom stereocenters. The summed E-state index contributed by atoms with van der Waals surface area (Å²) in [7, 11) is 1.80. The average Bonchev–Trinajstić information content (AvgIpc) is 3.17. The molecule has 0 aromatic carbocycles. The number of hydrogen-bond acceptors (Lipinski definition) is 7. The molecule has 2 saturated heterocycles. The lowest BCUT2D eigenvalue weighted by Crippen LogP contribution is -2.22. The Kier molecular flexibility index (Phi) is 4.15. The summed E-state index contributed by atoms with van der Waals surface area (Å²) in [5.74, 6) is 1.71. The van der Waals surface area contributed by atoms with Gasteiger partial charge in [-0.3, -0.25) is 0 Å². The number of anilines is 2. The summed E-state index contributed by atoms with van der Waals surface area (Å²) < 4.78 is 11.1. The second-order valence-electron chi connectivity index (χ2n) is 5.23. The molecular formula is C13H21N5O2. The van der Waals surface area contributed by atoms with Crippen LogP contribution in [-0.4, -0.2) is 54.9 Å². The molecule has 0 spiro atoms. The normalized spacial score (nSPS) is 22.2. The molecule has 1 N–H and O–H groups in total. The van der Waals surface area contributed by atoms with E-state index in [0.717, 1.165) is 32.7 Å². The molecule has 3 rings (SSSR count). The Morgan fingerprint density at radius 3 is 2.85 bits per heavy atom. The summed E-state index contributed by atoms with van der Waals surface area (Å²) >= 11 is 0. The molecule has 2 aliphatic heterocycles. The molecule has 2 aliphatic rings. The Morgan fingerprint density at radius 2 is 2.15 bits per heavy atom. The third-order valence-corrected chi connectivity index (χ3v) is 3.69. The summed E-state index contributed by atoms with van der Waals surface area (Å²) in [6.07, 6.45) is 3.43. The Morgan fingerprint density at radius 1 is 1.30 bits per heavy atom. The molecule has 0 radical (unpaired) electrons. The van der Waals surface area contributed by atoms with Crippen LogP contribution in [0.4, 0.5) is 11.9 Å². The van der Waals surface area contributed by atoms with Crippen LogP contribution in [0.1, 0.15) is 19.3 Å². The number of ether oxygens (including phenoxy) is 2. The first kappa shape index (κ1) is 13.4. The molecule has 110 valence electrons. The van der Waals surface area contributed by atoms with E-state index >= 15 is 0 Å². The SMILES string of the molecule is CNc1nc(OCC2CCOC2)nc(N2CCCC2)n1. The van der Waals surface area contributed by atoms with Crippen molar-refractivity contribution in [3.63, 3.8) is 0 Å². The van der Waals surface area contributed by atoms with E-state index in [-0.39, 0.29) is 0 Å². The predicted molar refractivity (Wildman–Crippen MR) is 75.2 cm³/mol. The standard InChI is InChI=1S/C13H21N5O2/c1-14-11-15-12(18-5-2-3-6-18)17-13(16-11)20-9-10-4-7-19-8-10/h10H,2-9H2,1H3,(H,14,15,16,17). The van der Waals surface area contributed by atoms with Crippen molar-refractivity contribution < 1.29 is 9.47 Å². The maximum absolute atomic E-state index is 5.72. The van der Waals surface area contributed by atoms with E-state index in [2.05, 4.69) is 25.2 Å². The van der Waals surface area contributed by atoms with Gasteiger partial charge in [-0.05, 0) is 19.3 Å². The molecule has 1 unspecified atom stereocenters. The maximum atomic E-state index is 5.72. The van der Waals surface area contributed by atoms with Gasteiger partial charge in [0.25, 0.3) is 0 Å². The van der Waals surface area contributed by atoms with Gasteiger partial charge in [-0.15, -0.1) is 0 Å². The molecule has 0 bridgehead atoms. The van der Waals surface area contributed by atoms with E-state index in [1.807, 2.05) is 0 Å². The Hall–Kier alpha value is -1.63. The Balaban J connectivity index is 1.69. The van der Waals surface area contributed by atoms with E-state index in [4.69, 9.17) is 9.47 Å². The van der Waals surface area contributed by atoms with Crippen LogP contribution in [0.5, 0.6) is 6.01 Å². The van der Waals surface area contributed by atoms with E-state index in [1.165, 1.54) is 12.8 Å². The number of aromatic nitrogens is 3. The van der Waals surface area contributed by atoms with Gasteiger partial charge in [0.05, 0.1) is 13.2 Å². The zero-order valence-corrected chi connectivity index (χ0v) is 11.8. The second-order valence-corrected chi connectivity index (χ2v) is 5.23. The highest BCUT2D eigenvalue weighted by atomic mass is 16.5. The van der Waals surface area contributed by atoms with Crippen molar-refractivity contribution in [2.75, 3.05) is 50.2 Å². The van der Waals surface area contributed by atoms with Gasteiger partial charge in [0.15, 0.2) is 0 Å². The molecule has 7 nitrogen and oxygen atoms in total. The maximum Gasteiger partial charge on any atom is 0.323 e. The van der Waals surface area contributed by atoms with Crippen LogP contribution in [0.25, 0.3) is 0 Å². The van der Waals surface area contributed by atoms with Crippen molar-refractivity contribution >= 4 is 11.9 Å². The van der Waals surface area contributed by atoms with Crippen LogP contribution in [0.3, 0.4) is 0 Å². The van der Waals surface area contributed by atoms with Gasteiger partial charge in [0.1, 0.15) is 0 Å². The van der Waals surface area contributed by atoms with Crippen LogP contribution in [-0.2, 0) is 4.74 Å². The number of hydrogen-bond donors (Lipinski definition) is 1. The van der Waals surface area contributed by atoms with Gasteiger partial charge in [-0.2, -0.15) is 15.0 Å². The summed E-state index contributed by atoms with van der Waals surface area (Å²) in [6, 6.07) is 0.401. The molecule has 1 aromatic rings. The lowest BCUT2D eigenvalue weighted by atomic mass is 10.1. The number of nitrogens with zero attached hydrogens (tertiary/aromatic N) is 4. The third kappa shape index (κ3) is 3.09. The van der Waals surface area contributed by atoms with Crippen LogP contribution in [0.15, 0.2) is 0 Å². The van der Waals surface area contributed by atoms with Gasteiger partial charge >= 0.3 is 6.01 Å². The van der Waals surface area contributed by atoms with Gasteiger partial charge in [0, 0.05) is 32.7 Å². The van der Waals surface area contributed by atoms with Gasteiger partial charge < -0.3 is 19.7 Å². The largest absolute Gasteiger partial charge is 0.463 e. The molecule has 3 heterocycles. The minimum Gasteiger partial charge on any atom is -0.463 e. The fourth-order valence-electron chi connectivity index (χ4n) is 2.49. The van der Waals surface area contributed by atoms with Crippen LogP contribution >= 0.6 is 0 Å². The lowest BCUT2D eigenvalue weighted by Gasteiger charge is -2.16. The fraction of sp³-hybridized carbons (Fsp3) is 0.769. The van der Waals surface area contributed by atoms with Crippen LogP contribution in [0, 0.1) is 5.92 Å². The van der Waals surface area contributed by atoms with Gasteiger partial charge in [-0.25, -0.2) is 0 Å². The molecule has 1 aromatic heterocycles. The quantitative estimate of drug-likeness (QED) is 0.859. The summed E-state index contributed by atoms with van der Waals surface area (Å²) in [6.45, 7) is 4.20. The van der Waals surface area contributed by atoms with E-state index in [0.29, 0.717) is 30.4 Å². The Bertz CT molecular complexity index is 444. The van der Waals surface area contributed by atoms with Crippen molar-refractivity contribution in [3.05, 3.63) is 0 Å². The van der Waals surface area contributed by atoms with Crippen molar-refractivity contribution in [1.29, 1.82) is 0 Å². The van der Waals surface area contributed by atoms with Crippen molar-refractivity contribution in [2.24, 2.45) is 5.92 Å². The Labute approximate surface area is 118 Å². The van der Waals surface area contributed by atoms with Gasteiger partial charge in [0.2, 0.25) is 11.9 Å². The number of nitrogens with one attached hydrogen (secondary N) is 1. The van der Waals surface area contributed by atoms with Crippen molar-refractivity contribution in [2.45, 2.75) is 19.3 Å². The second kappa shape index (κ2) is 6.21. The number of rotatable bonds is 5. The summed E-state index contributed by atoms with van der Waals surface area (Å²) in [5.41, 5.74) is 0. The molecule has 0 saturated carbocycles. The predicted octanol–water partition coefficient (Wildman–Crippen LogP) is 0.929. The molecule has 2 fully saturated rings. The van der Waals surface area contributed by atoms with Crippen LogP contribution in [0.2, 0.25) is 0 Å². The van der Waals surface area contributed by atoms with E-state index in [9.17, 15) is 0 Å². The smallest absolute Gasteiger partial charge is 0.323 e. The highest BCUT2D eigenvalue weighted by Gasteiger charge is 2.20. The zero-order chi connectivity index (χ0) is 13.8. The fourth-order valence-corrected chi connectivity index (χ4v) is 2.49. The first-order chi connectivity index (χ1) is 9.85. The highest BCUT2D eigenvalue weighted by Crippen LogP contribution is 2.20. The molecule has 7 heteroatoms. The average molecular weight is 279 g/mol. The van der Waals surface area contributed by atoms with Crippen molar-refractivity contribution in [1.82, 2.24) is 15.0 Å². The first-order valence-electron chi connectivity index (χ1n) is 7.24. The monoisotopic (exact) mass is 279 g/mol. The zero-order valence-electron chi connectivity index (χ0n) is 11.8. The van der Waals surface area contributed by atoms with E-state index in [1.54, 1.807) is 7.05 Å². The van der Waals surface area contributed by atoms with Gasteiger partial charge in [-0.1, -0.05) is 0 Å². The summed E-state index contributed by atoms with van der Waals surface area (Å²) in [4.78, 5) is 15.3. The molecule has 0 aliphatic carbocycles. The van der Waals surface area contributed by atoms with E-state index < -0.39 is 0 Å². The molecule has 0 amide bonds. The highest BCUT2D eigenvalue weighted by molar-refractivity contribution is 5.38. The topological polar surface area (TPSA) is 72.4 Å².